The van der Waals surface area contributed by atoms with Gasteiger partial charge in [-0.05, 0) is 61.4 Å². The van der Waals surface area contributed by atoms with Crippen LogP contribution < -0.4 is 10.1 Å². The fourth-order valence-electron chi connectivity index (χ4n) is 2.05. The van der Waals surface area contributed by atoms with E-state index in [1.165, 1.54) is 12.1 Å². The first-order valence-electron chi connectivity index (χ1n) is 8.38. The molecule has 0 aliphatic rings. The number of anilines is 1. The quantitative estimate of drug-likeness (QED) is 0.736. The molecule has 0 spiro atoms. The van der Waals surface area contributed by atoms with Crippen molar-refractivity contribution in [3.8, 4) is 11.5 Å². The number of para-hydroxylation sites is 1. The van der Waals surface area contributed by atoms with Crippen molar-refractivity contribution in [3.05, 3.63) is 48.3 Å². The Hall–Kier alpha value is -2.05. The predicted octanol–water partition coefficient (Wildman–Crippen LogP) is 5.12. The summed E-state index contributed by atoms with van der Waals surface area (Å²) in [6.45, 7) is 9.01. The molecule has 0 aromatic heterocycles. The fourth-order valence-corrected chi connectivity index (χ4v) is 3.00. The lowest BCUT2D eigenvalue weighted by atomic mass is 9.95. The lowest BCUT2D eigenvalue weighted by Crippen LogP contribution is -2.28. The Labute approximate surface area is 156 Å². The number of nitrogens with one attached hydrogen (secondary N) is 1. The van der Waals surface area contributed by atoms with Crippen LogP contribution in [0.5, 0.6) is 11.5 Å². The van der Waals surface area contributed by atoms with Crippen molar-refractivity contribution < 1.29 is 18.5 Å². The van der Waals surface area contributed by atoms with Crippen molar-refractivity contribution in [1.82, 2.24) is 0 Å². The molecule has 1 unspecified atom stereocenters. The lowest BCUT2D eigenvalue weighted by Gasteiger charge is -2.20. The molecule has 1 N–H and O–H groups in total. The molecule has 0 radical (unpaired) electrons. The zero-order valence-electron chi connectivity index (χ0n) is 15.6. The van der Waals surface area contributed by atoms with E-state index in [-0.39, 0.29) is 22.6 Å². The number of rotatable bonds is 5. The average Bonchev–Trinajstić information content (AvgIpc) is 2.57. The Balaban J connectivity index is 2.24. The molecule has 2 rings (SSSR count). The maximum Gasteiger partial charge on any atom is 0.229 e. The highest BCUT2D eigenvalue weighted by molar-refractivity contribution is 7.92. The van der Waals surface area contributed by atoms with Crippen LogP contribution in [0, 0.1) is 11.2 Å². The minimum absolute atomic E-state index is 0.00209. The Morgan fingerprint density at radius 3 is 2.31 bits per heavy atom. The van der Waals surface area contributed by atoms with Crippen LogP contribution in [-0.2, 0) is 16.0 Å². The van der Waals surface area contributed by atoms with Gasteiger partial charge in [0.1, 0.15) is 16.7 Å². The third kappa shape index (κ3) is 4.99. The van der Waals surface area contributed by atoms with E-state index in [0.717, 1.165) is 0 Å². The van der Waals surface area contributed by atoms with Crippen molar-refractivity contribution in [2.45, 2.75) is 44.8 Å². The number of ether oxygens (including phenoxy) is 1. The monoisotopic (exact) mass is 377 g/mol. The van der Waals surface area contributed by atoms with Gasteiger partial charge in [-0.3, -0.25) is 4.79 Å². The molecular weight excluding hydrogens is 353 g/mol. The molecule has 1 amide bonds. The summed E-state index contributed by atoms with van der Waals surface area (Å²) in [5, 5.41) is 2.61. The summed E-state index contributed by atoms with van der Waals surface area (Å²) in [6.07, 6.45) is 0. The van der Waals surface area contributed by atoms with E-state index in [1.54, 1.807) is 51.1 Å². The van der Waals surface area contributed by atoms with Crippen LogP contribution in [-0.4, -0.2) is 15.7 Å². The van der Waals surface area contributed by atoms with Gasteiger partial charge >= 0.3 is 0 Å². The van der Waals surface area contributed by atoms with E-state index in [1.807, 2.05) is 13.8 Å². The van der Waals surface area contributed by atoms with E-state index in [2.05, 4.69) is 5.32 Å². The van der Waals surface area contributed by atoms with Gasteiger partial charge in [0.25, 0.3) is 0 Å². The van der Waals surface area contributed by atoms with Gasteiger partial charge in [0.05, 0.1) is 0 Å². The van der Waals surface area contributed by atoms with Gasteiger partial charge < -0.3 is 14.6 Å². The molecule has 0 aliphatic carbocycles. The van der Waals surface area contributed by atoms with E-state index in [4.69, 9.17) is 4.74 Å². The van der Waals surface area contributed by atoms with Gasteiger partial charge in [0.15, 0.2) is 16.5 Å². The number of hydrogen-bond acceptors (Lipinski definition) is 3. The Morgan fingerprint density at radius 1 is 1.15 bits per heavy atom. The standard InChI is InChI=1S/C20H24FNO3S/c1-13(2)26(24)15-11-9-14(10-12-15)25-17-8-6-7-16(21)18(17)22-19(23)20(3,4)5/h6-13H,1-5H3,(H,22,23). The lowest BCUT2D eigenvalue weighted by molar-refractivity contribution is -0.123. The number of carbonyl (C=O) groups is 1. The second-order valence-corrected chi connectivity index (χ2v) is 9.25. The van der Waals surface area contributed by atoms with Gasteiger partial charge in [-0.15, -0.1) is 0 Å². The molecule has 4 nitrogen and oxygen atoms in total. The average molecular weight is 377 g/mol. The fraction of sp³-hybridized carbons (Fsp3) is 0.350. The first-order valence-corrected chi connectivity index (χ1v) is 9.59. The highest BCUT2D eigenvalue weighted by Crippen LogP contribution is 2.33. The molecule has 2 aromatic rings. The molecule has 0 bridgehead atoms. The van der Waals surface area contributed by atoms with Crippen molar-refractivity contribution >= 4 is 22.8 Å². The topological polar surface area (TPSA) is 61.4 Å². The van der Waals surface area contributed by atoms with E-state index in [0.29, 0.717) is 10.6 Å². The van der Waals surface area contributed by atoms with Gasteiger partial charge in [-0.1, -0.05) is 26.8 Å². The Kier molecular flexibility index (Phi) is 6.31. The summed E-state index contributed by atoms with van der Waals surface area (Å²) < 4.78 is 32.1. The van der Waals surface area contributed by atoms with Crippen LogP contribution in [0.1, 0.15) is 34.6 Å². The van der Waals surface area contributed by atoms with E-state index < -0.39 is 22.4 Å². The summed E-state index contributed by atoms with van der Waals surface area (Å²) in [7, 11) is 0. The summed E-state index contributed by atoms with van der Waals surface area (Å²) in [5.41, 5.74) is -0.662. The number of carbonyl (C=O) groups excluding carboxylic acids is 1. The van der Waals surface area contributed by atoms with Crippen molar-refractivity contribution in [2.75, 3.05) is 5.32 Å². The molecule has 0 saturated carbocycles. The second-order valence-electron chi connectivity index (χ2n) is 7.24. The summed E-state index contributed by atoms with van der Waals surface area (Å²) in [5.74, 6) is -0.209. The minimum Gasteiger partial charge on any atom is -0.611 e. The van der Waals surface area contributed by atoms with Gasteiger partial charge in [-0.25, -0.2) is 4.39 Å². The maximum atomic E-state index is 14.2. The first-order chi connectivity index (χ1) is 12.1. The van der Waals surface area contributed by atoms with Crippen molar-refractivity contribution in [3.63, 3.8) is 0 Å². The maximum absolute atomic E-state index is 14.2. The third-order valence-electron chi connectivity index (χ3n) is 3.61. The second kappa shape index (κ2) is 8.10. The van der Waals surface area contributed by atoms with Crippen LogP contribution in [0.4, 0.5) is 10.1 Å². The number of halogens is 1. The summed E-state index contributed by atoms with van der Waals surface area (Å²) in [6, 6.07) is 11.2. The molecule has 26 heavy (non-hydrogen) atoms. The molecule has 6 heteroatoms. The van der Waals surface area contributed by atoms with Crippen LogP contribution in [0.3, 0.4) is 0 Å². The van der Waals surface area contributed by atoms with Gasteiger partial charge in [0.2, 0.25) is 5.91 Å². The number of amides is 1. The Bertz CT molecular complexity index is 770. The zero-order chi connectivity index (χ0) is 19.5. The van der Waals surface area contributed by atoms with E-state index in [9.17, 15) is 13.7 Å². The van der Waals surface area contributed by atoms with Crippen LogP contribution in [0.15, 0.2) is 47.4 Å². The largest absolute Gasteiger partial charge is 0.611 e. The molecule has 140 valence electrons. The molecule has 0 fully saturated rings. The van der Waals surface area contributed by atoms with Gasteiger partial charge in [-0.2, -0.15) is 0 Å². The van der Waals surface area contributed by atoms with Crippen molar-refractivity contribution in [1.29, 1.82) is 0 Å². The SMILES string of the molecule is CC(C)[S+]([O-])c1ccc(Oc2cccc(F)c2NC(=O)C(C)(C)C)cc1. The van der Waals surface area contributed by atoms with Crippen LogP contribution >= 0.6 is 0 Å². The molecule has 0 saturated heterocycles. The number of benzene rings is 2. The first kappa shape index (κ1) is 20.3. The Morgan fingerprint density at radius 2 is 1.77 bits per heavy atom. The normalized spacial score (nSPS) is 12.8. The third-order valence-corrected chi connectivity index (χ3v) is 5.20. The van der Waals surface area contributed by atoms with Gasteiger partial charge in [0, 0.05) is 5.41 Å². The zero-order valence-corrected chi connectivity index (χ0v) is 16.4. The molecule has 0 heterocycles. The van der Waals surface area contributed by atoms with Crippen LogP contribution in [0.25, 0.3) is 0 Å². The summed E-state index contributed by atoms with van der Waals surface area (Å²) >= 11 is -1.09. The highest BCUT2D eigenvalue weighted by atomic mass is 32.2. The van der Waals surface area contributed by atoms with Crippen LogP contribution in [0.2, 0.25) is 0 Å². The molecule has 0 aliphatic heterocycles. The highest BCUT2D eigenvalue weighted by Gasteiger charge is 2.24. The molecule has 2 aromatic carbocycles. The molecule has 1 atom stereocenters. The smallest absolute Gasteiger partial charge is 0.229 e. The van der Waals surface area contributed by atoms with Crippen molar-refractivity contribution in [2.24, 2.45) is 5.41 Å². The molecular formula is C20H24FNO3S. The summed E-state index contributed by atoms with van der Waals surface area (Å²) in [4.78, 5) is 12.9. The number of hydrogen-bond donors (Lipinski definition) is 1. The minimum atomic E-state index is -1.09. The predicted molar refractivity (Wildman–Crippen MR) is 103 cm³/mol. The van der Waals surface area contributed by atoms with E-state index >= 15 is 0 Å².